The quantitative estimate of drug-likeness (QED) is 0.239. The van der Waals surface area contributed by atoms with Crippen molar-refractivity contribution in [3.63, 3.8) is 0 Å². The summed E-state index contributed by atoms with van der Waals surface area (Å²) in [7, 11) is 0. The van der Waals surface area contributed by atoms with Crippen molar-refractivity contribution in [2.45, 2.75) is 83.8 Å². The maximum atomic E-state index is 12.3. The van der Waals surface area contributed by atoms with Gasteiger partial charge < -0.3 is 29.5 Å². The number of phenolic OH excluding ortho intramolecular Hbond substituents is 1. The molecule has 6 heterocycles. The van der Waals surface area contributed by atoms with Gasteiger partial charge in [-0.3, -0.25) is 0 Å². The lowest BCUT2D eigenvalue weighted by molar-refractivity contribution is -0.0977. The number of rotatable bonds is 6. The van der Waals surface area contributed by atoms with Gasteiger partial charge in [-0.15, -0.1) is 10.2 Å². The molecule has 1 atom stereocenters. The Morgan fingerprint density at radius 1 is 1.06 bits per heavy atom. The molecule has 2 N–H and O–H groups in total. The smallest absolute Gasteiger partial charge is 0.410 e. The molecule has 4 aromatic rings. The van der Waals surface area contributed by atoms with Crippen molar-refractivity contribution in [3.8, 4) is 17.0 Å². The maximum Gasteiger partial charge on any atom is 0.410 e. The third-order valence-electron chi connectivity index (χ3n) is 11.3. The first-order chi connectivity index (χ1) is 23.5. The standard InChI is InChI=1S/C38H48N8O3/c1-24-33-29-17-31(28-7-5-6-8-32(28)47)42-43-34(29)41-30(33)12-16-46(24)35-39-20-27(21-40-35)26-10-14-44(15-11-26)13-9-25-18-38(19-25)22-45(23-38)36(48)49-37(2,3)4/h5-8,17,20-21,24-26,47H,9-16,18-19,22-23H2,1-4H3,(H,41,43)/t24-/m1/s1. The highest BCUT2D eigenvalue weighted by Crippen LogP contribution is 2.53. The van der Waals surface area contributed by atoms with E-state index in [9.17, 15) is 9.90 Å². The molecule has 3 aromatic heterocycles. The molecule has 1 aromatic carbocycles. The molecule has 3 fully saturated rings. The van der Waals surface area contributed by atoms with Crippen LogP contribution in [-0.4, -0.2) is 91.0 Å². The Bertz CT molecular complexity index is 1830. The molecule has 11 heteroatoms. The molecule has 8 rings (SSSR count). The number of aromatic hydroxyl groups is 1. The number of piperidine rings is 1. The lowest BCUT2D eigenvalue weighted by atomic mass is 9.57. The normalized spacial score (nSPS) is 21.4. The zero-order valence-electron chi connectivity index (χ0n) is 29.2. The number of para-hydroxylation sites is 1. The van der Waals surface area contributed by atoms with Crippen LogP contribution >= 0.6 is 0 Å². The molecule has 1 aliphatic carbocycles. The zero-order valence-corrected chi connectivity index (χ0v) is 29.2. The van der Waals surface area contributed by atoms with Crippen LogP contribution in [-0.2, 0) is 11.2 Å². The molecule has 2 saturated heterocycles. The number of aromatic nitrogens is 5. The molecule has 0 unspecified atom stereocenters. The summed E-state index contributed by atoms with van der Waals surface area (Å²) in [6.45, 7) is 13.9. The molecule has 4 aliphatic rings. The zero-order chi connectivity index (χ0) is 33.9. The topological polar surface area (TPSA) is 124 Å². The lowest BCUT2D eigenvalue weighted by Crippen LogP contribution is -2.64. The van der Waals surface area contributed by atoms with Crippen LogP contribution in [0.4, 0.5) is 10.7 Å². The Kier molecular flexibility index (Phi) is 8.00. The van der Waals surface area contributed by atoms with Crippen molar-refractivity contribution in [3.05, 3.63) is 59.5 Å². The largest absolute Gasteiger partial charge is 0.507 e. The Labute approximate surface area is 288 Å². The number of hydrogen-bond acceptors (Lipinski definition) is 9. The van der Waals surface area contributed by atoms with E-state index in [0.717, 1.165) is 74.9 Å². The minimum atomic E-state index is -0.430. The number of likely N-dealkylation sites (tertiary alicyclic amines) is 2. The number of hydrogen-bond donors (Lipinski definition) is 2. The van der Waals surface area contributed by atoms with Crippen molar-refractivity contribution >= 4 is 23.1 Å². The summed E-state index contributed by atoms with van der Waals surface area (Å²) in [5.74, 6) is 2.23. The van der Waals surface area contributed by atoms with E-state index in [2.05, 4.69) is 44.3 Å². The number of H-pyrrole nitrogens is 1. The number of nitrogens with one attached hydrogen (secondary N) is 1. The van der Waals surface area contributed by atoms with E-state index in [1.54, 1.807) is 6.07 Å². The molecular formula is C38H48N8O3. The summed E-state index contributed by atoms with van der Waals surface area (Å²) in [4.78, 5) is 32.4. The summed E-state index contributed by atoms with van der Waals surface area (Å²) >= 11 is 0. The van der Waals surface area contributed by atoms with Crippen LogP contribution in [0.25, 0.3) is 22.3 Å². The molecular weight excluding hydrogens is 616 g/mol. The van der Waals surface area contributed by atoms with Crippen LogP contribution in [0.15, 0.2) is 42.7 Å². The number of carbonyl (C=O) groups is 1. The summed E-state index contributed by atoms with van der Waals surface area (Å²) in [6.07, 6.45) is 10.8. The van der Waals surface area contributed by atoms with E-state index >= 15 is 0 Å². The summed E-state index contributed by atoms with van der Waals surface area (Å²) in [5.41, 5.74) is 5.63. The number of benzene rings is 1. The molecule has 1 spiro atoms. The van der Waals surface area contributed by atoms with Gasteiger partial charge in [0.05, 0.1) is 11.7 Å². The van der Waals surface area contributed by atoms with Gasteiger partial charge in [-0.2, -0.15) is 0 Å². The molecule has 0 bridgehead atoms. The number of carbonyl (C=O) groups excluding carboxylic acids is 1. The van der Waals surface area contributed by atoms with Crippen molar-refractivity contribution in [1.82, 2.24) is 34.9 Å². The highest BCUT2D eigenvalue weighted by molar-refractivity contribution is 5.86. The van der Waals surface area contributed by atoms with Crippen molar-refractivity contribution in [2.75, 3.05) is 44.2 Å². The monoisotopic (exact) mass is 664 g/mol. The number of fused-ring (bicyclic) bond motifs is 3. The molecule has 258 valence electrons. The molecule has 3 aliphatic heterocycles. The van der Waals surface area contributed by atoms with Gasteiger partial charge in [-0.1, -0.05) is 12.1 Å². The Morgan fingerprint density at radius 2 is 1.80 bits per heavy atom. The number of aromatic amines is 1. The second-order valence-electron chi connectivity index (χ2n) is 16.0. The fourth-order valence-electron chi connectivity index (χ4n) is 8.81. The average molecular weight is 665 g/mol. The number of nitrogens with zero attached hydrogens (tertiary/aromatic N) is 7. The minimum Gasteiger partial charge on any atom is -0.507 e. The highest BCUT2D eigenvalue weighted by atomic mass is 16.6. The van der Waals surface area contributed by atoms with Crippen molar-refractivity contribution in [2.24, 2.45) is 11.3 Å². The van der Waals surface area contributed by atoms with E-state index in [1.165, 1.54) is 42.6 Å². The van der Waals surface area contributed by atoms with Gasteiger partial charge in [-0.25, -0.2) is 14.8 Å². The number of phenols is 1. The number of amides is 1. The van der Waals surface area contributed by atoms with Crippen molar-refractivity contribution in [1.29, 1.82) is 0 Å². The van der Waals surface area contributed by atoms with E-state index in [-0.39, 0.29) is 17.9 Å². The second-order valence-corrected chi connectivity index (χ2v) is 16.0. The van der Waals surface area contributed by atoms with E-state index in [4.69, 9.17) is 14.7 Å². The Hall–Kier alpha value is -4.25. The predicted octanol–water partition coefficient (Wildman–Crippen LogP) is 6.46. The fraction of sp³-hybridized carbons (Fsp3) is 0.553. The van der Waals surface area contributed by atoms with Gasteiger partial charge >= 0.3 is 6.09 Å². The van der Waals surface area contributed by atoms with E-state index < -0.39 is 5.60 Å². The first-order valence-electron chi connectivity index (χ1n) is 18.0. The molecule has 0 radical (unpaired) electrons. The molecule has 1 amide bonds. The molecule has 49 heavy (non-hydrogen) atoms. The third-order valence-corrected chi connectivity index (χ3v) is 11.3. The van der Waals surface area contributed by atoms with Gasteiger partial charge in [0.2, 0.25) is 5.95 Å². The van der Waals surface area contributed by atoms with Gasteiger partial charge in [-0.05, 0) is 115 Å². The third kappa shape index (κ3) is 6.22. The van der Waals surface area contributed by atoms with Crippen LogP contribution in [0, 0.1) is 11.3 Å². The number of ether oxygens (including phenoxy) is 1. The average Bonchev–Trinajstić information content (AvgIpc) is 3.42. The molecule has 11 nitrogen and oxygen atoms in total. The van der Waals surface area contributed by atoms with Crippen molar-refractivity contribution < 1.29 is 14.6 Å². The van der Waals surface area contributed by atoms with Crippen LogP contribution in [0.2, 0.25) is 0 Å². The van der Waals surface area contributed by atoms with Gasteiger partial charge in [0.1, 0.15) is 11.4 Å². The first-order valence-corrected chi connectivity index (χ1v) is 18.0. The Morgan fingerprint density at radius 3 is 2.51 bits per heavy atom. The van der Waals surface area contributed by atoms with Crippen LogP contribution in [0.3, 0.4) is 0 Å². The van der Waals surface area contributed by atoms with Crippen LogP contribution in [0.5, 0.6) is 5.75 Å². The van der Waals surface area contributed by atoms with Crippen LogP contribution < -0.4 is 4.90 Å². The fourth-order valence-corrected chi connectivity index (χ4v) is 8.81. The SMILES string of the molecule is C[C@@H]1c2c([nH]c3nnc(-c4ccccc4O)cc23)CCN1c1ncc(C2CCN(CCC3CC4(C3)CN(C(=O)OC(C)(C)C)C4)CC2)cn1. The van der Waals surface area contributed by atoms with Crippen LogP contribution in [0.1, 0.15) is 88.6 Å². The summed E-state index contributed by atoms with van der Waals surface area (Å²) < 4.78 is 5.53. The molecule has 1 saturated carbocycles. The first kappa shape index (κ1) is 32.0. The summed E-state index contributed by atoms with van der Waals surface area (Å²) in [6, 6.07) is 9.33. The predicted molar refractivity (Wildman–Crippen MR) is 188 cm³/mol. The number of anilines is 1. The van der Waals surface area contributed by atoms with Gasteiger partial charge in [0, 0.05) is 66.1 Å². The van der Waals surface area contributed by atoms with E-state index in [1.807, 2.05) is 49.9 Å². The van der Waals surface area contributed by atoms with Gasteiger partial charge in [0.25, 0.3) is 0 Å². The lowest BCUT2D eigenvalue weighted by Gasteiger charge is -2.59. The minimum absolute atomic E-state index is 0.0618. The second kappa shape index (κ2) is 12.3. The van der Waals surface area contributed by atoms with Gasteiger partial charge in [0.15, 0.2) is 5.65 Å². The Balaban J connectivity index is 0.830. The maximum absolute atomic E-state index is 12.3. The van der Waals surface area contributed by atoms with E-state index in [0.29, 0.717) is 22.6 Å². The summed E-state index contributed by atoms with van der Waals surface area (Å²) in [5, 5.41) is 20.3. The highest BCUT2D eigenvalue weighted by Gasteiger charge is 2.54.